The molecule has 0 saturated heterocycles. The summed E-state index contributed by atoms with van der Waals surface area (Å²) in [5.74, 6) is 1.41. The Morgan fingerprint density at radius 1 is 1.19 bits per heavy atom. The van der Waals surface area contributed by atoms with Gasteiger partial charge in [0.05, 0.1) is 10.0 Å². The van der Waals surface area contributed by atoms with Crippen LogP contribution in [-0.2, 0) is 6.54 Å². The van der Waals surface area contributed by atoms with Gasteiger partial charge in [0.2, 0.25) is 5.96 Å². The Morgan fingerprint density at radius 3 is 2.57 bits per heavy atom. The summed E-state index contributed by atoms with van der Waals surface area (Å²) >= 11 is 11.9. The van der Waals surface area contributed by atoms with Crippen molar-refractivity contribution in [3.8, 4) is 0 Å². The SMILES string of the molecule is CC1N=C(NCc2ccc(Cl)c(Cl)c2)NC(NC(C)C)=N1. The maximum atomic E-state index is 6.00. The lowest BCUT2D eigenvalue weighted by atomic mass is 10.2. The fourth-order valence-electron chi connectivity index (χ4n) is 1.85. The average Bonchev–Trinajstić information content (AvgIpc) is 2.39. The topological polar surface area (TPSA) is 60.8 Å². The molecule has 0 aliphatic carbocycles. The van der Waals surface area contributed by atoms with Crippen LogP contribution in [0.3, 0.4) is 0 Å². The largest absolute Gasteiger partial charge is 0.354 e. The van der Waals surface area contributed by atoms with Crippen molar-refractivity contribution < 1.29 is 0 Å². The van der Waals surface area contributed by atoms with Gasteiger partial charge < -0.3 is 10.6 Å². The van der Waals surface area contributed by atoms with Gasteiger partial charge in [-0.2, -0.15) is 0 Å². The molecule has 1 unspecified atom stereocenters. The van der Waals surface area contributed by atoms with E-state index in [2.05, 4.69) is 39.8 Å². The fraction of sp³-hybridized carbons (Fsp3) is 0.429. The Labute approximate surface area is 134 Å². The van der Waals surface area contributed by atoms with Gasteiger partial charge in [-0.3, -0.25) is 5.32 Å². The molecule has 3 N–H and O–H groups in total. The van der Waals surface area contributed by atoms with E-state index in [1.165, 1.54) is 0 Å². The average molecular weight is 328 g/mol. The number of aliphatic imine (C=N–C) groups is 2. The number of nitrogens with one attached hydrogen (secondary N) is 3. The Hall–Kier alpha value is -1.46. The lowest BCUT2D eigenvalue weighted by Gasteiger charge is -2.22. The number of nitrogens with zero attached hydrogens (tertiary/aromatic N) is 2. The van der Waals surface area contributed by atoms with Crippen molar-refractivity contribution in [1.29, 1.82) is 0 Å². The number of rotatable bonds is 3. The molecule has 0 fully saturated rings. The molecule has 0 aromatic heterocycles. The Bertz CT molecular complexity index is 568. The zero-order chi connectivity index (χ0) is 15.4. The molecule has 1 aromatic rings. The number of halogens is 2. The van der Waals surface area contributed by atoms with E-state index in [-0.39, 0.29) is 6.17 Å². The summed E-state index contributed by atoms with van der Waals surface area (Å²) in [6.45, 7) is 6.65. The van der Waals surface area contributed by atoms with Crippen LogP contribution in [0.1, 0.15) is 26.3 Å². The van der Waals surface area contributed by atoms with Gasteiger partial charge in [-0.15, -0.1) is 0 Å². The second kappa shape index (κ2) is 7.00. The quantitative estimate of drug-likeness (QED) is 0.800. The van der Waals surface area contributed by atoms with Crippen LogP contribution < -0.4 is 16.0 Å². The first-order chi connectivity index (χ1) is 9.94. The van der Waals surface area contributed by atoms with Crippen LogP contribution in [0.4, 0.5) is 0 Å². The van der Waals surface area contributed by atoms with Crippen LogP contribution in [0.2, 0.25) is 10.0 Å². The molecule has 1 aromatic carbocycles. The molecule has 0 bridgehead atoms. The van der Waals surface area contributed by atoms with Gasteiger partial charge >= 0.3 is 0 Å². The van der Waals surface area contributed by atoms with Gasteiger partial charge in [0.15, 0.2) is 5.96 Å². The Balaban J connectivity index is 1.95. The van der Waals surface area contributed by atoms with E-state index in [1.807, 2.05) is 19.1 Å². The second-order valence-electron chi connectivity index (χ2n) is 5.11. The molecule has 2 rings (SSSR count). The van der Waals surface area contributed by atoms with Crippen molar-refractivity contribution in [2.24, 2.45) is 9.98 Å². The molecule has 1 atom stereocenters. The molecule has 1 heterocycles. The van der Waals surface area contributed by atoms with E-state index in [4.69, 9.17) is 23.2 Å². The van der Waals surface area contributed by atoms with E-state index in [1.54, 1.807) is 6.07 Å². The molecule has 0 amide bonds. The van der Waals surface area contributed by atoms with Crippen LogP contribution in [0.5, 0.6) is 0 Å². The molecule has 21 heavy (non-hydrogen) atoms. The first-order valence-corrected chi connectivity index (χ1v) is 7.56. The molecular weight excluding hydrogens is 309 g/mol. The number of benzene rings is 1. The van der Waals surface area contributed by atoms with Gasteiger partial charge in [0, 0.05) is 12.6 Å². The number of hydrogen-bond donors (Lipinski definition) is 3. The summed E-state index contributed by atoms with van der Waals surface area (Å²) in [6.07, 6.45) is -0.121. The third kappa shape index (κ3) is 4.79. The summed E-state index contributed by atoms with van der Waals surface area (Å²) in [5, 5.41) is 10.7. The molecule has 0 spiro atoms. The highest BCUT2D eigenvalue weighted by molar-refractivity contribution is 6.42. The zero-order valence-corrected chi connectivity index (χ0v) is 13.8. The summed E-state index contributed by atoms with van der Waals surface area (Å²) < 4.78 is 0. The smallest absolute Gasteiger partial charge is 0.200 e. The predicted octanol–water partition coefficient (Wildman–Crippen LogP) is 2.74. The lowest BCUT2D eigenvalue weighted by Crippen LogP contribution is -2.51. The minimum Gasteiger partial charge on any atom is -0.354 e. The highest BCUT2D eigenvalue weighted by atomic mass is 35.5. The normalized spacial score (nSPS) is 17.9. The van der Waals surface area contributed by atoms with Crippen molar-refractivity contribution in [3.05, 3.63) is 33.8 Å². The highest BCUT2D eigenvalue weighted by Gasteiger charge is 2.13. The third-order valence-electron chi connectivity index (χ3n) is 2.74. The standard InChI is InChI=1S/C14H19Cl2N5/c1-8(2)18-14-20-9(3)19-13(21-14)17-7-10-4-5-11(15)12(16)6-10/h4-6,8-9H,7H2,1-3H3,(H3,17,18,19,20,21). The molecule has 0 saturated carbocycles. The minimum atomic E-state index is -0.121. The molecular formula is C14H19Cl2N5. The van der Waals surface area contributed by atoms with E-state index >= 15 is 0 Å². The summed E-state index contributed by atoms with van der Waals surface area (Å²) in [4.78, 5) is 8.78. The molecule has 0 radical (unpaired) electrons. The highest BCUT2D eigenvalue weighted by Crippen LogP contribution is 2.22. The van der Waals surface area contributed by atoms with Gasteiger partial charge in [0.1, 0.15) is 6.17 Å². The van der Waals surface area contributed by atoms with Gasteiger partial charge in [0.25, 0.3) is 0 Å². The first-order valence-electron chi connectivity index (χ1n) is 6.81. The summed E-state index contributed by atoms with van der Waals surface area (Å²) in [5.41, 5.74) is 1.03. The maximum Gasteiger partial charge on any atom is 0.200 e. The van der Waals surface area contributed by atoms with Crippen LogP contribution in [0.15, 0.2) is 28.2 Å². The monoisotopic (exact) mass is 327 g/mol. The number of guanidine groups is 2. The van der Waals surface area contributed by atoms with E-state index in [0.717, 1.165) is 11.5 Å². The van der Waals surface area contributed by atoms with Crippen molar-refractivity contribution in [1.82, 2.24) is 16.0 Å². The third-order valence-corrected chi connectivity index (χ3v) is 3.48. The van der Waals surface area contributed by atoms with Gasteiger partial charge in [-0.1, -0.05) is 29.3 Å². The Morgan fingerprint density at radius 2 is 1.90 bits per heavy atom. The van der Waals surface area contributed by atoms with Crippen LogP contribution in [0, 0.1) is 0 Å². The summed E-state index contributed by atoms with van der Waals surface area (Å²) in [7, 11) is 0. The van der Waals surface area contributed by atoms with E-state index < -0.39 is 0 Å². The van der Waals surface area contributed by atoms with E-state index in [9.17, 15) is 0 Å². The van der Waals surface area contributed by atoms with Crippen LogP contribution in [-0.4, -0.2) is 24.1 Å². The van der Waals surface area contributed by atoms with Crippen molar-refractivity contribution >= 4 is 35.1 Å². The molecule has 5 nitrogen and oxygen atoms in total. The minimum absolute atomic E-state index is 0.121. The van der Waals surface area contributed by atoms with E-state index in [0.29, 0.717) is 28.6 Å². The van der Waals surface area contributed by atoms with Crippen molar-refractivity contribution in [3.63, 3.8) is 0 Å². The van der Waals surface area contributed by atoms with Crippen molar-refractivity contribution in [2.45, 2.75) is 39.5 Å². The summed E-state index contributed by atoms with van der Waals surface area (Å²) in [6, 6.07) is 5.85. The van der Waals surface area contributed by atoms with Crippen LogP contribution >= 0.6 is 23.2 Å². The van der Waals surface area contributed by atoms with Crippen LogP contribution in [0.25, 0.3) is 0 Å². The number of hydrogen-bond acceptors (Lipinski definition) is 5. The molecule has 1 aliphatic heterocycles. The fourth-order valence-corrected chi connectivity index (χ4v) is 2.17. The Kier molecular flexibility index (Phi) is 5.31. The zero-order valence-electron chi connectivity index (χ0n) is 12.2. The molecule has 114 valence electrons. The van der Waals surface area contributed by atoms with Gasteiger partial charge in [-0.05, 0) is 38.5 Å². The lowest BCUT2D eigenvalue weighted by molar-refractivity contribution is 0.677. The first kappa shape index (κ1) is 15.9. The molecule has 7 heteroatoms. The van der Waals surface area contributed by atoms with Crippen molar-refractivity contribution in [2.75, 3.05) is 0 Å². The molecule has 1 aliphatic rings. The predicted molar refractivity (Wildman–Crippen MR) is 89.0 cm³/mol. The second-order valence-corrected chi connectivity index (χ2v) is 5.93. The van der Waals surface area contributed by atoms with Gasteiger partial charge in [-0.25, -0.2) is 9.98 Å². The maximum absolute atomic E-state index is 6.00.